The van der Waals surface area contributed by atoms with Gasteiger partial charge in [-0.1, -0.05) is 0 Å². The van der Waals surface area contributed by atoms with Crippen molar-refractivity contribution in [3.05, 3.63) is 0 Å². The van der Waals surface area contributed by atoms with Crippen LogP contribution in [0.4, 0.5) is 0 Å². The second-order valence-corrected chi connectivity index (χ2v) is 6.81. The number of nitrogens with zero attached hydrogens (tertiary/aromatic N) is 2. The van der Waals surface area contributed by atoms with E-state index in [0.717, 1.165) is 19.6 Å². The molecule has 0 aromatic rings. The summed E-state index contributed by atoms with van der Waals surface area (Å²) >= 11 is 0. The van der Waals surface area contributed by atoms with Crippen LogP contribution in [0.2, 0.25) is 0 Å². The molecule has 1 heterocycles. The van der Waals surface area contributed by atoms with Gasteiger partial charge in [-0.05, 0) is 48.1 Å². The highest BCUT2D eigenvalue weighted by molar-refractivity contribution is 5.78. The van der Waals surface area contributed by atoms with Crippen molar-refractivity contribution in [2.24, 2.45) is 0 Å². The van der Waals surface area contributed by atoms with E-state index in [0.29, 0.717) is 18.5 Å². The second kappa shape index (κ2) is 6.87. The maximum Gasteiger partial charge on any atom is 0.323 e. The number of aliphatic carboxylic acids is 1. The van der Waals surface area contributed by atoms with Gasteiger partial charge in [0.15, 0.2) is 0 Å². The van der Waals surface area contributed by atoms with Gasteiger partial charge in [-0.15, -0.1) is 0 Å². The zero-order valence-corrected chi connectivity index (χ0v) is 13.8. The molecular weight excluding hydrogens is 254 g/mol. The number of likely N-dealkylation sites (N-methyl/N-ethyl adjacent to an activating group) is 1. The van der Waals surface area contributed by atoms with E-state index < -0.39 is 11.5 Å². The van der Waals surface area contributed by atoms with Crippen molar-refractivity contribution in [2.75, 3.05) is 26.7 Å². The zero-order chi connectivity index (χ0) is 15.5. The summed E-state index contributed by atoms with van der Waals surface area (Å²) in [4.78, 5) is 16.3. The van der Waals surface area contributed by atoms with Crippen LogP contribution < -0.4 is 5.32 Å². The summed E-state index contributed by atoms with van der Waals surface area (Å²) in [5.74, 6) is -0.763. The molecular formula is C15H31N3O2. The fraction of sp³-hybridized carbons (Fsp3) is 0.933. The van der Waals surface area contributed by atoms with Crippen molar-refractivity contribution in [1.29, 1.82) is 0 Å². The fourth-order valence-corrected chi connectivity index (χ4v) is 2.96. The molecule has 1 fully saturated rings. The Morgan fingerprint density at radius 2 is 1.85 bits per heavy atom. The van der Waals surface area contributed by atoms with Gasteiger partial charge in [-0.3, -0.25) is 15.0 Å². The van der Waals surface area contributed by atoms with E-state index in [-0.39, 0.29) is 6.04 Å². The number of nitrogens with one attached hydrogen (secondary N) is 1. The Bertz CT molecular complexity index is 323. The Morgan fingerprint density at radius 1 is 1.35 bits per heavy atom. The maximum atomic E-state index is 11.5. The van der Waals surface area contributed by atoms with E-state index >= 15 is 0 Å². The Kier molecular flexibility index (Phi) is 5.98. The molecule has 0 spiro atoms. The summed E-state index contributed by atoms with van der Waals surface area (Å²) in [7, 11) is 2.16. The molecule has 0 amide bonds. The van der Waals surface area contributed by atoms with Gasteiger partial charge in [0.2, 0.25) is 0 Å². The van der Waals surface area contributed by atoms with Crippen molar-refractivity contribution in [2.45, 2.75) is 64.7 Å². The van der Waals surface area contributed by atoms with Crippen LogP contribution in [0.3, 0.4) is 0 Å². The predicted molar refractivity (Wildman–Crippen MR) is 82.1 cm³/mol. The minimum atomic E-state index is -0.843. The van der Waals surface area contributed by atoms with Crippen LogP contribution in [0.5, 0.6) is 0 Å². The third kappa shape index (κ3) is 4.43. The first kappa shape index (κ1) is 17.4. The van der Waals surface area contributed by atoms with Gasteiger partial charge in [0, 0.05) is 37.8 Å². The number of hydrogen-bond acceptors (Lipinski definition) is 4. The van der Waals surface area contributed by atoms with Crippen LogP contribution in [-0.4, -0.2) is 71.2 Å². The van der Waals surface area contributed by atoms with Crippen molar-refractivity contribution in [3.63, 3.8) is 0 Å². The fourth-order valence-electron chi connectivity index (χ4n) is 2.96. The first-order valence-corrected chi connectivity index (χ1v) is 7.61. The number of carboxylic acids is 1. The second-order valence-electron chi connectivity index (χ2n) is 6.81. The molecule has 5 heteroatoms. The Labute approximate surface area is 123 Å². The quantitative estimate of drug-likeness (QED) is 0.769. The standard InChI is InChI=1S/C15H31N3O2/c1-11(2)16-15(5,14(19)20)7-8-18-9-12(3)17(6)13(4)10-18/h11-13,16H,7-10H2,1-6H3,(H,19,20). The van der Waals surface area contributed by atoms with Crippen LogP contribution in [0, 0.1) is 0 Å². The van der Waals surface area contributed by atoms with E-state index in [1.54, 1.807) is 6.92 Å². The van der Waals surface area contributed by atoms with E-state index in [4.69, 9.17) is 0 Å². The van der Waals surface area contributed by atoms with Gasteiger partial charge in [0.1, 0.15) is 5.54 Å². The van der Waals surface area contributed by atoms with Crippen LogP contribution >= 0.6 is 0 Å². The summed E-state index contributed by atoms with van der Waals surface area (Å²) in [6, 6.07) is 1.21. The predicted octanol–water partition coefficient (Wildman–Crippen LogP) is 1.24. The average Bonchev–Trinajstić information content (AvgIpc) is 2.32. The minimum Gasteiger partial charge on any atom is -0.480 e. The molecule has 1 rings (SSSR count). The first-order valence-electron chi connectivity index (χ1n) is 7.61. The lowest BCUT2D eigenvalue weighted by Gasteiger charge is -2.43. The highest BCUT2D eigenvalue weighted by Gasteiger charge is 2.35. The van der Waals surface area contributed by atoms with Gasteiger partial charge in [-0.2, -0.15) is 0 Å². The van der Waals surface area contributed by atoms with Crippen LogP contribution in [0.25, 0.3) is 0 Å². The van der Waals surface area contributed by atoms with E-state index in [9.17, 15) is 9.90 Å². The van der Waals surface area contributed by atoms with Crippen molar-refractivity contribution >= 4 is 5.97 Å². The summed E-state index contributed by atoms with van der Waals surface area (Å²) in [5, 5.41) is 12.7. The van der Waals surface area contributed by atoms with Gasteiger partial charge >= 0.3 is 5.97 Å². The topological polar surface area (TPSA) is 55.8 Å². The van der Waals surface area contributed by atoms with Gasteiger partial charge in [0.25, 0.3) is 0 Å². The van der Waals surface area contributed by atoms with Gasteiger partial charge < -0.3 is 10.0 Å². The van der Waals surface area contributed by atoms with E-state index in [1.807, 2.05) is 13.8 Å². The van der Waals surface area contributed by atoms with E-state index in [2.05, 4.69) is 36.0 Å². The van der Waals surface area contributed by atoms with E-state index in [1.165, 1.54) is 0 Å². The molecule has 0 bridgehead atoms. The number of piperazine rings is 1. The molecule has 0 saturated carbocycles. The minimum absolute atomic E-state index is 0.168. The smallest absolute Gasteiger partial charge is 0.323 e. The average molecular weight is 285 g/mol. The van der Waals surface area contributed by atoms with Gasteiger partial charge in [-0.25, -0.2) is 0 Å². The Morgan fingerprint density at radius 3 is 2.25 bits per heavy atom. The van der Waals surface area contributed by atoms with Crippen LogP contribution in [0.1, 0.15) is 41.0 Å². The molecule has 0 aliphatic carbocycles. The van der Waals surface area contributed by atoms with Gasteiger partial charge in [0.05, 0.1) is 0 Å². The molecule has 20 heavy (non-hydrogen) atoms. The molecule has 1 aliphatic rings. The molecule has 1 aliphatic heterocycles. The molecule has 1 saturated heterocycles. The molecule has 5 nitrogen and oxygen atoms in total. The highest BCUT2D eigenvalue weighted by Crippen LogP contribution is 2.17. The molecule has 3 unspecified atom stereocenters. The number of carbonyl (C=O) groups is 1. The third-order valence-corrected chi connectivity index (χ3v) is 4.44. The highest BCUT2D eigenvalue weighted by atomic mass is 16.4. The monoisotopic (exact) mass is 285 g/mol. The lowest BCUT2D eigenvalue weighted by molar-refractivity contribution is -0.145. The van der Waals surface area contributed by atoms with Crippen molar-refractivity contribution in [1.82, 2.24) is 15.1 Å². The third-order valence-electron chi connectivity index (χ3n) is 4.44. The number of hydrogen-bond donors (Lipinski definition) is 2. The molecule has 0 aromatic heterocycles. The lowest BCUT2D eigenvalue weighted by Crippen LogP contribution is -2.58. The molecule has 0 radical (unpaired) electrons. The normalized spacial score (nSPS) is 28.6. The van der Waals surface area contributed by atoms with Crippen LogP contribution in [-0.2, 0) is 4.79 Å². The first-order chi connectivity index (χ1) is 9.15. The summed E-state index contributed by atoms with van der Waals surface area (Å²) < 4.78 is 0. The largest absolute Gasteiger partial charge is 0.480 e. The molecule has 0 aromatic carbocycles. The summed E-state index contributed by atoms with van der Waals surface area (Å²) in [6.45, 7) is 13.1. The molecule has 118 valence electrons. The molecule has 3 atom stereocenters. The SMILES string of the molecule is CC(C)NC(C)(CCN1CC(C)N(C)C(C)C1)C(=O)O. The van der Waals surface area contributed by atoms with Crippen molar-refractivity contribution in [3.8, 4) is 0 Å². The van der Waals surface area contributed by atoms with Crippen LogP contribution in [0.15, 0.2) is 0 Å². The molecule has 2 N–H and O–H groups in total. The lowest BCUT2D eigenvalue weighted by atomic mass is 9.96. The maximum absolute atomic E-state index is 11.5. The Hall–Kier alpha value is -0.650. The summed E-state index contributed by atoms with van der Waals surface area (Å²) in [6.07, 6.45) is 0.629. The zero-order valence-electron chi connectivity index (χ0n) is 13.8. The summed E-state index contributed by atoms with van der Waals surface area (Å²) in [5.41, 5.74) is -0.843. The Balaban J connectivity index is 2.58. The van der Waals surface area contributed by atoms with Crippen molar-refractivity contribution < 1.29 is 9.90 Å². The number of carboxylic acid groups (broad SMARTS) is 1. The number of rotatable bonds is 6.